The quantitative estimate of drug-likeness (QED) is 0.617. The number of methoxy groups -OCH3 is 1. The largest absolute Gasteiger partial charge is 0.490 e. The lowest BCUT2D eigenvalue weighted by Gasteiger charge is -2.24. The second kappa shape index (κ2) is 6.46. The van der Waals surface area contributed by atoms with Gasteiger partial charge in [0.15, 0.2) is 5.75 Å². The first-order valence-corrected chi connectivity index (χ1v) is 8.21. The zero-order valence-corrected chi connectivity index (χ0v) is 13.2. The minimum absolute atomic E-state index is 0.0336. The van der Waals surface area contributed by atoms with Crippen LogP contribution in [0.1, 0.15) is 30.0 Å². The van der Waals surface area contributed by atoms with Gasteiger partial charge in [-0.25, -0.2) is 0 Å². The predicted molar refractivity (Wildman–Crippen MR) is 86.4 cm³/mol. The van der Waals surface area contributed by atoms with E-state index < -0.39 is 0 Å². The molecule has 6 heteroatoms. The Bertz CT molecular complexity index is 657. The van der Waals surface area contributed by atoms with E-state index in [1.54, 1.807) is 23.5 Å². The Morgan fingerprint density at radius 1 is 1.45 bits per heavy atom. The van der Waals surface area contributed by atoms with Crippen LogP contribution in [0.3, 0.4) is 0 Å². The van der Waals surface area contributed by atoms with Crippen molar-refractivity contribution in [1.82, 2.24) is 4.90 Å². The first-order chi connectivity index (χ1) is 10.7. The van der Waals surface area contributed by atoms with Gasteiger partial charge in [0.2, 0.25) is 0 Å². The molecule has 2 heterocycles. The second-order valence-corrected chi connectivity index (χ2v) is 6.23. The monoisotopic (exact) mass is 318 g/mol. The fraction of sp³-hybridized carbons (Fsp3) is 0.375. The van der Waals surface area contributed by atoms with Crippen molar-refractivity contribution in [3.63, 3.8) is 0 Å². The summed E-state index contributed by atoms with van der Waals surface area (Å²) in [6.45, 7) is 1.76. The molecular weight excluding hydrogens is 300 g/mol. The standard InChI is InChI=1S/C16H18N2O3S/c1-21-16-5-4-12(9-15(16)18(19)20)10-17-7-2-3-14(17)13-6-8-22-11-13/h4-6,8-9,11,14H,2-3,7,10H2,1H3. The average Bonchev–Trinajstić information content (AvgIpc) is 3.17. The second-order valence-electron chi connectivity index (χ2n) is 5.45. The summed E-state index contributed by atoms with van der Waals surface area (Å²) in [6, 6.07) is 7.82. The Morgan fingerprint density at radius 2 is 2.32 bits per heavy atom. The van der Waals surface area contributed by atoms with Gasteiger partial charge in [-0.1, -0.05) is 6.07 Å². The molecule has 2 aromatic rings. The number of rotatable bonds is 5. The van der Waals surface area contributed by atoms with E-state index in [2.05, 4.69) is 21.7 Å². The Kier molecular flexibility index (Phi) is 4.40. The molecule has 116 valence electrons. The van der Waals surface area contributed by atoms with E-state index in [-0.39, 0.29) is 10.6 Å². The molecule has 0 saturated carbocycles. The number of nitrogens with zero attached hydrogens (tertiary/aromatic N) is 2. The van der Waals surface area contributed by atoms with E-state index in [1.807, 2.05) is 6.07 Å². The van der Waals surface area contributed by atoms with Gasteiger partial charge in [-0.15, -0.1) is 0 Å². The Labute approximate surface area is 133 Å². The van der Waals surface area contributed by atoms with E-state index in [0.717, 1.165) is 25.1 Å². The SMILES string of the molecule is COc1ccc(CN2CCCC2c2ccsc2)cc1[N+](=O)[O-]. The van der Waals surface area contributed by atoms with Crippen molar-refractivity contribution in [3.05, 3.63) is 56.3 Å². The van der Waals surface area contributed by atoms with Crippen molar-refractivity contribution in [3.8, 4) is 5.75 Å². The highest BCUT2D eigenvalue weighted by molar-refractivity contribution is 7.07. The number of thiophene rings is 1. The van der Waals surface area contributed by atoms with Crippen molar-refractivity contribution in [2.75, 3.05) is 13.7 Å². The topological polar surface area (TPSA) is 55.6 Å². The first kappa shape index (κ1) is 15.0. The van der Waals surface area contributed by atoms with E-state index >= 15 is 0 Å². The van der Waals surface area contributed by atoms with E-state index in [0.29, 0.717) is 11.8 Å². The van der Waals surface area contributed by atoms with Crippen molar-refractivity contribution < 1.29 is 9.66 Å². The summed E-state index contributed by atoms with van der Waals surface area (Å²) in [5.74, 6) is 0.310. The predicted octanol–water partition coefficient (Wildman–Crippen LogP) is 4.00. The van der Waals surface area contributed by atoms with Crippen LogP contribution in [0.5, 0.6) is 5.75 Å². The molecule has 0 bridgehead atoms. The minimum Gasteiger partial charge on any atom is -0.490 e. The van der Waals surface area contributed by atoms with Crippen LogP contribution in [0, 0.1) is 10.1 Å². The Hall–Kier alpha value is -1.92. The maximum absolute atomic E-state index is 11.1. The molecule has 1 unspecified atom stereocenters. The summed E-state index contributed by atoms with van der Waals surface area (Å²) < 4.78 is 5.06. The molecule has 5 nitrogen and oxygen atoms in total. The van der Waals surface area contributed by atoms with Crippen LogP contribution in [-0.2, 0) is 6.54 Å². The normalized spacial score (nSPS) is 18.5. The van der Waals surface area contributed by atoms with Crippen LogP contribution in [0.2, 0.25) is 0 Å². The van der Waals surface area contributed by atoms with Gasteiger partial charge < -0.3 is 4.74 Å². The molecule has 22 heavy (non-hydrogen) atoms. The molecule has 1 aliphatic rings. The number of benzene rings is 1. The summed E-state index contributed by atoms with van der Waals surface area (Å²) in [4.78, 5) is 13.1. The fourth-order valence-electron chi connectivity index (χ4n) is 3.07. The van der Waals surface area contributed by atoms with Crippen LogP contribution in [0.25, 0.3) is 0 Å². The lowest BCUT2D eigenvalue weighted by atomic mass is 10.1. The molecule has 0 radical (unpaired) electrons. The molecule has 1 saturated heterocycles. The number of hydrogen-bond acceptors (Lipinski definition) is 5. The molecule has 1 aliphatic heterocycles. The van der Waals surface area contributed by atoms with Gasteiger partial charge in [-0.2, -0.15) is 11.3 Å². The van der Waals surface area contributed by atoms with Gasteiger partial charge in [0.1, 0.15) is 0 Å². The third-order valence-electron chi connectivity index (χ3n) is 4.12. The number of hydrogen-bond donors (Lipinski definition) is 0. The highest BCUT2D eigenvalue weighted by Crippen LogP contribution is 2.35. The molecule has 0 aliphatic carbocycles. The van der Waals surface area contributed by atoms with Gasteiger partial charge in [0.25, 0.3) is 0 Å². The first-order valence-electron chi connectivity index (χ1n) is 7.26. The van der Waals surface area contributed by atoms with Gasteiger partial charge in [-0.3, -0.25) is 15.0 Å². The van der Waals surface area contributed by atoms with E-state index in [4.69, 9.17) is 4.74 Å². The zero-order valence-electron chi connectivity index (χ0n) is 12.4. The molecule has 1 aromatic carbocycles. The molecular formula is C16H18N2O3S. The van der Waals surface area contributed by atoms with E-state index in [9.17, 15) is 10.1 Å². The zero-order chi connectivity index (χ0) is 15.5. The smallest absolute Gasteiger partial charge is 0.311 e. The van der Waals surface area contributed by atoms with Gasteiger partial charge in [0, 0.05) is 18.7 Å². The van der Waals surface area contributed by atoms with Gasteiger partial charge >= 0.3 is 5.69 Å². The van der Waals surface area contributed by atoms with Gasteiger partial charge in [-0.05, 0) is 53.4 Å². The Morgan fingerprint density at radius 3 is 3.00 bits per heavy atom. The van der Waals surface area contributed by atoms with Gasteiger partial charge in [0.05, 0.1) is 12.0 Å². The van der Waals surface area contributed by atoms with Crippen molar-refractivity contribution in [2.45, 2.75) is 25.4 Å². The van der Waals surface area contributed by atoms with Crippen molar-refractivity contribution in [1.29, 1.82) is 0 Å². The lowest BCUT2D eigenvalue weighted by Crippen LogP contribution is -2.22. The van der Waals surface area contributed by atoms with Crippen molar-refractivity contribution in [2.24, 2.45) is 0 Å². The molecule has 0 spiro atoms. The summed E-state index contributed by atoms with van der Waals surface area (Å²) in [5.41, 5.74) is 2.34. The summed E-state index contributed by atoms with van der Waals surface area (Å²) >= 11 is 1.71. The van der Waals surface area contributed by atoms with Crippen LogP contribution < -0.4 is 4.74 Å². The summed E-state index contributed by atoms with van der Waals surface area (Å²) in [5, 5.41) is 15.4. The molecule has 1 fully saturated rings. The highest BCUT2D eigenvalue weighted by atomic mass is 32.1. The molecule has 1 aromatic heterocycles. The fourth-order valence-corrected chi connectivity index (χ4v) is 3.78. The molecule has 1 atom stereocenters. The van der Waals surface area contributed by atoms with E-state index in [1.165, 1.54) is 19.1 Å². The number of ether oxygens (including phenoxy) is 1. The Balaban J connectivity index is 1.80. The van der Waals surface area contributed by atoms with Crippen LogP contribution >= 0.6 is 11.3 Å². The molecule has 3 rings (SSSR count). The maximum atomic E-state index is 11.1. The average molecular weight is 318 g/mol. The van der Waals surface area contributed by atoms with Crippen LogP contribution in [-0.4, -0.2) is 23.5 Å². The molecule has 0 amide bonds. The maximum Gasteiger partial charge on any atom is 0.311 e. The third kappa shape index (κ3) is 2.98. The number of nitro groups is 1. The van der Waals surface area contributed by atoms with Crippen molar-refractivity contribution >= 4 is 17.0 Å². The lowest BCUT2D eigenvalue weighted by molar-refractivity contribution is -0.385. The molecule has 0 N–H and O–H groups in total. The minimum atomic E-state index is -0.386. The number of nitro benzene ring substituents is 1. The van der Waals surface area contributed by atoms with Crippen LogP contribution in [0.4, 0.5) is 5.69 Å². The number of likely N-dealkylation sites (tertiary alicyclic amines) is 1. The summed E-state index contributed by atoms with van der Waals surface area (Å²) in [7, 11) is 1.45. The van der Waals surface area contributed by atoms with Crippen LogP contribution in [0.15, 0.2) is 35.0 Å². The highest BCUT2D eigenvalue weighted by Gasteiger charge is 2.27. The third-order valence-corrected chi connectivity index (χ3v) is 4.82. The summed E-state index contributed by atoms with van der Waals surface area (Å²) in [6.07, 6.45) is 2.31.